The van der Waals surface area contributed by atoms with Crippen LogP contribution in [-0.4, -0.2) is 33.8 Å². The second kappa shape index (κ2) is 10.6. The fourth-order valence-electron chi connectivity index (χ4n) is 0.250. The quantitative estimate of drug-likeness (QED) is 0.565. The molecule has 5 heteroatoms. The van der Waals surface area contributed by atoms with Gasteiger partial charge < -0.3 is 5.11 Å². The second-order valence-corrected chi connectivity index (χ2v) is 6.91. The lowest BCUT2D eigenvalue weighted by Crippen LogP contribution is -2.27. The number of aliphatic hydroxyl groups excluding tert-OH is 1. The Morgan fingerprint density at radius 3 is 0.895 bits per heavy atom. The van der Waals surface area contributed by atoms with Crippen LogP contribution in [0.25, 0.3) is 0 Å². The first kappa shape index (κ1) is 23.9. The number of hydrogen-bond acceptors (Lipinski definition) is 5. The summed E-state index contributed by atoms with van der Waals surface area (Å²) < 4.78 is 0. The molecule has 0 bridgehead atoms. The lowest BCUT2D eigenvalue weighted by molar-refractivity contribution is -0.393. The summed E-state index contributed by atoms with van der Waals surface area (Å²) in [5.41, 5.74) is -0.833. The van der Waals surface area contributed by atoms with Crippen molar-refractivity contribution in [3.05, 3.63) is 0 Å². The Morgan fingerprint density at radius 2 is 0.842 bits per heavy atom. The van der Waals surface area contributed by atoms with Crippen LogP contribution < -0.4 is 0 Å². The Labute approximate surface area is 118 Å². The molecule has 0 fully saturated rings. The maximum Gasteiger partial charge on any atom is 0.0952 e. The third-order valence-electron chi connectivity index (χ3n) is 0.816. The zero-order chi connectivity index (χ0) is 16.3. The molecule has 0 aliphatic carbocycles. The van der Waals surface area contributed by atoms with Gasteiger partial charge in [-0.05, 0) is 69.2 Å². The van der Waals surface area contributed by atoms with Crippen molar-refractivity contribution in [3.63, 3.8) is 0 Å². The van der Waals surface area contributed by atoms with E-state index in [1.807, 2.05) is 41.5 Å². The molecule has 0 aromatic carbocycles. The minimum absolute atomic E-state index is 0.215. The Kier molecular flexibility index (Phi) is 13.3. The van der Waals surface area contributed by atoms with Gasteiger partial charge in [0.15, 0.2) is 0 Å². The summed E-state index contributed by atoms with van der Waals surface area (Å²) in [7, 11) is 0. The standard InChI is InChI=1S/C8H18O2.C4H10O2.C2H6O/c1-7(2,3)9-10-8(4,5)6;1-4(2,3)6-5;1-2-3/h1-6H3;5H,1-3H3;3H,2H2,1H3. The molecule has 120 valence electrons. The Bertz CT molecular complexity index is 169. The first-order chi connectivity index (χ1) is 8.18. The van der Waals surface area contributed by atoms with E-state index in [1.54, 1.807) is 27.7 Å². The van der Waals surface area contributed by atoms with E-state index in [1.165, 1.54) is 0 Å². The van der Waals surface area contributed by atoms with Gasteiger partial charge in [0.25, 0.3) is 0 Å². The Hall–Kier alpha value is -0.200. The number of aliphatic hydroxyl groups is 1. The lowest BCUT2D eigenvalue weighted by Gasteiger charge is -2.24. The third-order valence-corrected chi connectivity index (χ3v) is 0.816. The summed E-state index contributed by atoms with van der Waals surface area (Å²) in [5.74, 6) is 0. The molecule has 0 amide bonds. The monoisotopic (exact) mass is 282 g/mol. The molecule has 0 aliphatic rings. The van der Waals surface area contributed by atoms with Crippen molar-refractivity contribution < 1.29 is 25.0 Å². The first-order valence-electron chi connectivity index (χ1n) is 6.48. The van der Waals surface area contributed by atoms with E-state index >= 15 is 0 Å². The molecule has 0 spiro atoms. The minimum atomic E-state index is -0.403. The molecule has 0 atom stereocenters. The van der Waals surface area contributed by atoms with Gasteiger partial charge in [0.2, 0.25) is 0 Å². The Balaban J connectivity index is -0.000000242. The Morgan fingerprint density at radius 1 is 0.684 bits per heavy atom. The van der Waals surface area contributed by atoms with Crippen LogP contribution in [0.1, 0.15) is 69.2 Å². The third kappa shape index (κ3) is 46.3. The summed E-state index contributed by atoms with van der Waals surface area (Å²) in [4.78, 5) is 14.1. The molecule has 0 aliphatic heterocycles. The topological polar surface area (TPSA) is 68.2 Å². The summed E-state index contributed by atoms with van der Waals surface area (Å²) >= 11 is 0. The van der Waals surface area contributed by atoms with Gasteiger partial charge in [-0.2, -0.15) is 0 Å². The van der Waals surface area contributed by atoms with E-state index in [0.717, 1.165) is 0 Å². The lowest BCUT2D eigenvalue weighted by atomic mass is 10.2. The van der Waals surface area contributed by atoms with Crippen LogP contribution in [0, 0.1) is 0 Å². The first-order valence-corrected chi connectivity index (χ1v) is 6.48. The van der Waals surface area contributed by atoms with Gasteiger partial charge in [0.1, 0.15) is 0 Å². The summed E-state index contributed by atoms with van der Waals surface area (Å²) in [5, 5.41) is 15.5. The highest BCUT2D eigenvalue weighted by molar-refractivity contribution is 4.58. The maximum absolute atomic E-state index is 7.90. The molecule has 0 rings (SSSR count). The number of rotatable bonds is 1. The highest BCUT2D eigenvalue weighted by atomic mass is 17.2. The van der Waals surface area contributed by atoms with Crippen LogP contribution in [0.5, 0.6) is 0 Å². The summed E-state index contributed by atoms with van der Waals surface area (Å²) in [6.45, 7) is 19.0. The summed E-state index contributed by atoms with van der Waals surface area (Å²) in [6, 6.07) is 0. The van der Waals surface area contributed by atoms with Gasteiger partial charge in [-0.15, -0.1) is 0 Å². The van der Waals surface area contributed by atoms with Crippen LogP contribution in [0.4, 0.5) is 0 Å². The zero-order valence-corrected chi connectivity index (χ0v) is 14.3. The molecule has 0 heterocycles. The molecule has 0 aromatic rings. The van der Waals surface area contributed by atoms with Gasteiger partial charge in [-0.1, -0.05) is 0 Å². The van der Waals surface area contributed by atoms with Crippen molar-refractivity contribution in [2.45, 2.75) is 86.0 Å². The summed E-state index contributed by atoms with van der Waals surface area (Å²) in [6.07, 6.45) is 0. The molecule has 0 radical (unpaired) electrons. The molecule has 2 N–H and O–H groups in total. The molecular weight excluding hydrogens is 248 g/mol. The largest absolute Gasteiger partial charge is 0.397 e. The van der Waals surface area contributed by atoms with Crippen LogP contribution in [0.15, 0.2) is 0 Å². The van der Waals surface area contributed by atoms with Crippen LogP contribution in [0.3, 0.4) is 0 Å². The van der Waals surface area contributed by atoms with Crippen LogP contribution in [-0.2, 0) is 14.7 Å². The van der Waals surface area contributed by atoms with Crippen molar-refractivity contribution >= 4 is 0 Å². The molecule has 0 unspecified atom stereocenters. The number of hydrogen-bond donors (Lipinski definition) is 2. The highest BCUT2D eigenvalue weighted by Gasteiger charge is 2.18. The molecule has 0 aromatic heterocycles. The molecule has 5 nitrogen and oxygen atoms in total. The van der Waals surface area contributed by atoms with Gasteiger partial charge in [-0.3, -0.25) is 5.26 Å². The molecule has 0 saturated carbocycles. The van der Waals surface area contributed by atoms with Gasteiger partial charge in [0, 0.05) is 6.61 Å². The fraction of sp³-hybridized carbons (Fsp3) is 1.00. The average molecular weight is 282 g/mol. The van der Waals surface area contributed by atoms with Gasteiger partial charge >= 0.3 is 0 Å². The van der Waals surface area contributed by atoms with E-state index in [4.69, 9.17) is 20.1 Å². The zero-order valence-electron chi connectivity index (χ0n) is 14.3. The van der Waals surface area contributed by atoms with Crippen molar-refractivity contribution in [3.8, 4) is 0 Å². The minimum Gasteiger partial charge on any atom is -0.397 e. The molecular formula is C14H34O5. The maximum atomic E-state index is 7.90. The van der Waals surface area contributed by atoms with E-state index in [0.29, 0.717) is 0 Å². The molecule has 0 saturated heterocycles. The highest BCUT2D eigenvalue weighted by Crippen LogP contribution is 2.14. The second-order valence-electron chi connectivity index (χ2n) is 6.91. The van der Waals surface area contributed by atoms with Crippen LogP contribution >= 0.6 is 0 Å². The van der Waals surface area contributed by atoms with Gasteiger partial charge in [-0.25, -0.2) is 14.7 Å². The van der Waals surface area contributed by atoms with E-state index in [2.05, 4.69) is 4.89 Å². The fourth-order valence-corrected chi connectivity index (χ4v) is 0.250. The predicted octanol–water partition coefficient (Wildman–Crippen LogP) is 3.80. The normalized spacial score (nSPS) is 12.0. The van der Waals surface area contributed by atoms with Crippen molar-refractivity contribution in [1.29, 1.82) is 0 Å². The van der Waals surface area contributed by atoms with Crippen molar-refractivity contribution in [2.75, 3.05) is 6.61 Å². The predicted molar refractivity (Wildman–Crippen MR) is 77.9 cm³/mol. The van der Waals surface area contributed by atoms with Crippen molar-refractivity contribution in [1.82, 2.24) is 0 Å². The smallest absolute Gasteiger partial charge is 0.0952 e. The van der Waals surface area contributed by atoms with E-state index in [-0.39, 0.29) is 17.8 Å². The van der Waals surface area contributed by atoms with E-state index < -0.39 is 5.60 Å². The van der Waals surface area contributed by atoms with Gasteiger partial charge in [0.05, 0.1) is 16.8 Å². The SMILES string of the molecule is CC(C)(C)OO.CC(C)(C)OOC(C)(C)C.CCO. The van der Waals surface area contributed by atoms with Crippen LogP contribution in [0.2, 0.25) is 0 Å². The van der Waals surface area contributed by atoms with E-state index in [9.17, 15) is 0 Å². The average Bonchev–Trinajstić information content (AvgIpc) is 2.14. The van der Waals surface area contributed by atoms with Crippen molar-refractivity contribution in [2.24, 2.45) is 0 Å². The molecule has 19 heavy (non-hydrogen) atoms.